The molecule has 0 aliphatic heterocycles. The SMILES string of the molecule is CCN(CC)CCc1noc(Cc2cccc(O)c2)n1. The van der Waals surface area contributed by atoms with Crippen LogP contribution in [-0.4, -0.2) is 39.8 Å². The lowest BCUT2D eigenvalue weighted by molar-refractivity contribution is 0.302. The van der Waals surface area contributed by atoms with Crippen LogP contribution >= 0.6 is 0 Å². The first kappa shape index (κ1) is 14.5. The van der Waals surface area contributed by atoms with E-state index in [1.807, 2.05) is 12.1 Å². The van der Waals surface area contributed by atoms with Crippen molar-refractivity contribution >= 4 is 0 Å². The number of hydrogen-bond acceptors (Lipinski definition) is 5. The monoisotopic (exact) mass is 275 g/mol. The summed E-state index contributed by atoms with van der Waals surface area (Å²) in [6.45, 7) is 7.30. The Balaban J connectivity index is 1.92. The molecule has 1 aromatic carbocycles. The number of phenols is 1. The Morgan fingerprint density at radius 1 is 1.25 bits per heavy atom. The van der Waals surface area contributed by atoms with Gasteiger partial charge in [0.2, 0.25) is 5.89 Å². The third-order valence-corrected chi connectivity index (χ3v) is 3.32. The van der Waals surface area contributed by atoms with Crippen LogP contribution in [0.25, 0.3) is 0 Å². The fourth-order valence-electron chi connectivity index (χ4n) is 2.10. The van der Waals surface area contributed by atoms with Crippen molar-refractivity contribution in [2.75, 3.05) is 19.6 Å². The molecular formula is C15H21N3O2. The second-order valence-electron chi connectivity index (χ2n) is 4.73. The van der Waals surface area contributed by atoms with Crippen molar-refractivity contribution in [2.45, 2.75) is 26.7 Å². The van der Waals surface area contributed by atoms with Crippen LogP contribution in [0.3, 0.4) is 0 Å². The molecule has 0 amide bonds. The van der Waals surface area contributed by atoms with Gasteiger partial charge in [-0.05, 0) is 30.8 Å². The van der Waals surface area contributed by atoms with Gasteiger partial charge in [0.15, 0.2) is 5.82 Å². The van der Waals surface area contributed by atoms with E-state index in [0.717, 1.165) is 37.4 Å². The van der Waals surface area contributed by atoms with E-state index in [2.05, 4.69) is 28.9 Å². The Morgan fingerprint density at radius 2 is 2.05 bits per heavy atom. The first-order chi connectivity index (χ1) is 9.71. The first-order valence-electron chi connectivity index (χ1n) is 7.03. The predicted octanol–water partition coefficient (Wildman–Crippen LogP) is 2.25. The van der Waals surface area contributed by atoms with E-state index in [-0.39, 0.29) is 5.75 Å². The van der Waals surface area contributed by atoms with Gasteiger partial charge < -0.3 is 14.5 Å². The van der Waals surface area contributed by atoms with Crippen molar-refractivity contribution in [1.82, 2.24) is 15.0 Å². The molecule has 0 saturated carbocycles. The summed E-state index contributed by atoms with van der Waals surface area (Å²) in [6.07, 6.45) is 1.35. The number of phenolic OH excluding ortho intramolecular Hbond substituents is 1. The summed E-state index contributed by atoms with van der Waals surface area (Å²) in [6, 6.07) is 7.09. The standard InChI is InChI=1S/C15H21N3O2/c1-3-18(4-2)9-8-14-16-15(20-17-14)11-12-6-5-7-13(19)10-12/h5-7,10,19H,3-4,8-9,11H2,1-2H3. The molecule has 2 rings (SSSR count). The van der Waals surface area contributed by atoms with Crippen LogP contribution in [-0.2, 0) is 12.8 Å². The van der Waals surface area contributed by atoms with Gasteiger partial charge in [0.25, 0.3) is 0 Å². The van der Waals surface area contributed by atoms with Crippen LogP contribution in [0, 0.1) is 0 Å². The average molecular weight is 275 g/mol. The van der Waals surface area contributed by atoms with E-state index in [1.165, 1.54) is 0 Å². The summed E-state index contributed by atoms with van der Waals surface area (Å²) in [5, 5.41) is 13.4. The Kier molecular flexibility index (Phi) is 5.12. The maximum atomic E-state index is 9.42. The van der Waals surface area contributed by atoms with Crippen LogP contribution < -0.4 is 0 Å². The van der Waals surface area contributed by atoms with Gasteiger partial charge in [0.1, 0.15) is 5.75 Å². The molecule has 0 fully saturated rings. The summed E-state index contributed by atoms with van der Waals surface area (Å²) in [5.74, 6) is 1.58. The summed E-state index contributed by atoms with van der Waals surface area (Å²) in [4.78, 5) is 6.71. The largest absolute Gasteiger partial charge is 0.508 e. The normalized spacial score (nSPS) is 11.2. The van der Waals surface area contributed by atoms with E-state index < -0.39 is 0 Å². The third-order valence-electron chi connectivity index (χ3n) is 3.32. The molecule has 0 bridgehead atoms. The summed E-state index contributed by atoms with van der Waals surface area (Å²) < 4.78 is 5.25. The Labute approximate surface area is 119 Å². The highest BCUT2D eigenvalue weighted by Gasteiger charge is 2.09. The van der Waals surface area contributed by atoms with Gasteiger partial charge >= 0.3 is 0 Å². The molecule has 0 unspecified atom stereocenters. The number of rotatable bonds is 7. The van der Waals surface area contributed by atoms with Crippen molar-refractivity contribution < 1.29 is 9.63 Å². The molecule has 5 heteroatoms. The zero-order valence-corrected chi connectivity index (χ0v) is 12.0. The molecule has 1 heterocycles. The Bertz CT molecular complexity index is 535. The van der Waals surface area contributed by atoms with Crippen molar-refractivity contribution in [3.05, 3.63) is 41.5 Å². The zero-order chi connectivity index (χ0) is 14.4. The van der Waals surface area contributed by atoms with E-state index in [1.54, 1.807) is 12.1 Å². The summed E-state index contributed by atoms with van der Waals surface area (Å²) in [7, 11) is 0. The molecule has 0 saturated heterocycles. The number of aromatic nitrogens is 2. The van der Waals surface area contributed by atoms with Crippen LogP contribution in [0.1, 0.15) is 31.1 Å². The molecule has 20 heavy (non-hydrogen) atoms. The van der Waals surface area contributed by atoms with Crippen LogP contribution in [0.4, 0.5) is 0 Å². The Morgan fingerprint density at radius 3 is 2.75 bits per heavy atom. The van der Waals surface area contributed by atoms with Gasteiger partial charge in [0, 0.05) is 13.0 Å². The van der Waals surface area contributed by atoms with Crippen molar-refractivity contribution in [1.29, 1.82) is 0 Å². The highest BCUT2D eigenvalue weighted by molar-refractivity contribution is 5.28. The Hall–Kier alpha value is -1.88. The molecule has 1 N–H and O–H groups in total. The van der Waals surface area contributed by atoms with E-state index >= 15 is 0 Å². The lowest BCUT2D eigenvalue weighted by atomic mass is 10.1. The van der Waals surface area contributed by atoms with Crippen LogP contribution in [0.5, 0.6) is 5.75 Å². The number of hydrogen-bond donors (Lipinski definition) is 1. The van der Waals surface area contributed by atoms with Crippen molar-refractivity contribution in [2.24, 2.45) is 0 Å². The molecular weight excluding hydrogens is 254 g/mol. The van der Waals surface area contributed by atoms with Gasteiger partial charge in [-0.15, -0.1) is 0 Å². The zero-order valence-electron chi connectivity index (χ0n) is 12.0. The van der Waals surface area contributed by atoms with Crippen LogP contribution in [0.2, 0.25) is 0 Å². The minimum absolute atomic E-state index is 0.253. The maximum absolute atomic E-state index is 9.42. The second kappa shape index (κ2) is 7.05. The van der Waals surface area contributed by atoms with Gasteiger partial charge in [-0.2, -0.15) is 4.98 Å². The first-order valence-corrected chi connectivity index (χ1v) is 7.03. The molecule has 0 radical (unpaired) electrons. The van der Waals surface area contributed by atoms with Crippen molar-refractivity contribution in [3.63, 3.8) is 0 Å². The molecule has 2 aromatic rings. The number of nitrogens with zero attached hydrogens (tertiary/aromatic N) is 3. The maximum Gasteiger partial charge on any atom is 0.231 e. The van der Waals surface area contributed by atoms with Crippen molar-refractivity contribution in [3.8, 4) is 5.75 Å². The number of aromatic hydroxyl groups is 1. The molecule has 0 aliphatic carbocycles. The van der Waals surface area contributed by atoms with Crippen LogP contribution in [0.15, 0.2) is 28.8 Å². The second-order valence-corrected chi connectivity index (χ2v) is 4.73. The van der Waals surface area contributed by atoms with E-state index in [4.69, 9.17) is 4.52 Å². The third kappa shape index (κ3) is 4.06. The predicted molar refractivity (Wildman–Crippen MR) is 76.7 cm³/mol. The van der Waals surface area contributed by atoms with Gasteiger partial charge in [0.05, 0.1) is 6.42 Å². The molecule has 0 spiro atoms. The number of benzene rings is 1. The highest BCUT2D eigenvalue weighted by atomic mass is 16.5. The fraction of sp³-hybridized carbons (Fsp3) is 0.467. The molecule has 0 atom stereocenters. The molecule has 1 aromatic heterocycles. The van der Waals surface area contributed by atoms with E-state index in [0.29, 0.717) is 12.3 Å². The average Bonchev–Trinajstić information content (AvgIpc) is 2.87. The van der Waals surface area contributed by atoms with E-state index in [9.17, 15) is 5.11 Å². The molecule has 108 valence electrons. The summed E-state index contributed by atoms with van der Waals surface area (Å²) in [5.41, 5.74) is 0.962. The fourth-order valence-corrected chi connectivity index (χ4v) is 2.10. The molecule has 0 aliphatic rings. The van der Waals surface area contributed by atoms with Gasteiger partial charge in [-0.3, -0.25) is 0 Å². The lowest BCUT2D eigenvalue weighted by Gasteiger charge is -2.16. The quantitative estimate of drug-likeness (QED) is 0.839. The lowest BCUT2D eigenvalue weighted by Crippen LogP contribution is -2.25. The van der Waals surface area contributed by atoms with Gasteiger partial charge in [-0.25, -0.2) is 0 Å². The smallest absolute Gasteiger partial charge is 0.231 e. The minimum atomic E-state index is 0.253. The topological polar surface area (TPSA) is 62.4 Å². The summed E-state index contributed by atoms with van der Waals surface area (Å²) >= 11 is 0. The molecule has 5 nitrogen and oxygen atoms in total. The highest BCUT2D eigenvalue weighted by Crippen LogP contribution is 2.14. The number of likely N-dealkylation sites (N-methyl/N-ethyl adjacent to an activating group) is 1. The minimum Gasteiger partial charge on any atom is -0.508 e. The van der Waals surface area contributed by atoms with Gasteiger partial charge in [-0.1, -0.05) is 31.1 Å².